The highest BCUT2D eigenvalue weighted by Gasteiger charge is 2.69. The Morgan fingerprint density at radius 2 is 2.04 bits per heavy atom. The Labute approximate surface area is 289 Å². The van der Waals surface area contributed by atoms with Gasteiger partial charge in [0.15, 0.2) is 11.7 Å². The van der Waals surface area contributed by atoms with E-state index in [0.717, 1.165) is 68.4 Å². The number of ketones is 1. The van der Waals surface area contributed by atoms with Crippen LogP contribution in [0.15, 0.2) is 52.6 Å². The van der Waals surface area contributed by atoms with Crippen LogP contribution in [0, 0.1) is 46.3 Å². The van der Waals surface area contributed by atoms with Gasteiger partial charge in [-0.15, -0.1) is 0 Å². The summed E-state index contributed by atoms with van der Waals surface area (Å²) < 4.78 is 0. The number of Topliss-reactive ketones (excluding diaryl/α,β-unsaturated/α-hetero) is 1. The molecule has 6 nitrogen and oxygen atoms in total. The normalized spacial score (nSPS) is 39.8. The zero-order valence-electron chi connectivity index (χ0n) is 28.5. The van der Waals surface area contributed by atoms with Crippen molar-refractivity contribution < 1.29 is 15.0 Å². The number of benzene rings is 1. The van der Waals surface area contributed by atoms with E-state index in [1.165, 1.54) is 16.7 Å². The van der Waals surface area contributed by atoms with Crippen LogP contribution in [-0.2, 0) is 11.2 Å². The van der Waals surface area contributed by atoms with Gasteiger partial charge in [-0.1, -0.05) is 84.3 Å². The second kappa shape index (κ2) is 13.2. The van der Waals surface area contributed by atoms with Crippen molar-refractivity contribution in [1.82, 2.24) is 5.32 Å². The van der Waals surface area contributed by atoms with Crippen LogP contribution in [0.1, 0.15) is 89.2 Å². The van der Waals surface area contributed by atoms with Gasteiger partial charge in [-0.3, -0.25) is 9.79 Å². The molecule has 0 aromatic heterocycles. The summed E-state index contributed by atoms with van der Waals surface area (Å²) in [6.07, 6.45) is 13.0. The van der Waals surface area contributed by atoms with Crippen LogP contribution in [0.5, 0.6) is 0 Å². The third-order valence-corrected chi connectivity index (χ3v) is 16.1. The lowest BCUT2D eigenvalue weighted by Crippen LogP contribution is -2.67. The maximum Gasteiger partial charge on any atom is 0.189 e. The summed E-state index contributed by atoms with van der Waals surface area (Å²) >= 11 is 0. The molecule has 7 rings (SSSR count). The number of aliphatic imine (C=N–C) groups is 1. The summed E-state index contributed by atoms with van der Waals surface area (Å²) in [7, 11) is 3.99. The number of guanidine groups is 1. The highest BCUT2D eigenvalue weighted by Crippen LogP contribution is 2.75. The van der Waals surface area contributed by atoms with E-state index in [0.29, 0.717) is 36.5 Å². The van der Waals surface area contributed by atoms with Gasteiger partial charge in [0.2, 0.25) is 0 Å². The Morgan fingerprint density at radius 3 is 2.83 bits per heavy atom. The molecule has 5 N–H and O–H groups in total. The van der Waals surface area contributed by atoms with Gasteiger partial charge in [0.05, 0.1) is 5.54 Å². The van der Waals surface area contributed by atoms with Crippen molar-refractivity contribution in [2.45, 2.75) is 90.0 Å². The number of nitrogens with zero attached hydrogens (tertiary/aromatic N) is 1. The minimum Gasteiger partial charge on any atom is -0.396 e. The van der Waals surface area contributed by atoms with Crippen LogP contribution in [0.25, 0.3) is 0 Å². The van der Waals surface area contributed by atoms with E-state index < -0.39 is 0 Å². The molecule has 6 aliphatic rings. The number of aliphatic hydroxyl groups excluding tert-OH is 2. The SMILES string of the molecule is CC(C)Cc1cccc([C@@H]2C=C[C@H]3CCC4=C5C[C@H]6C[C@H](CO)[C@@H](CCCO)[C@]5(CC4=O)[C@@]6(C)CCSSC[C@]34NC(N)=NC[C@@H]24)c1. The summed E-state index contributed by atoms with van der Waals surface area (Å²) in [4.78, 5) is 19.0. The minimum absolute atomic E-state index is 0.0346. The average Bonchev–Trinajstić information content (AvgIpc) is 3.38. The van der Waals surface area contributed by atoms with Crippen LogP contribution in [0.4, 0.5) is 0 Å². The molecule has 1 aromatic carbocycles. The summed E-state index contributed by atoms with van der Waals surface area (Å²) in [5.74, 6) is 5.18. The Kier molecular flexibility index (Phi) is 9.47. The molecule has 2 heterocycles. The van der Waals surface area contributed by atoms with Crippen LogP contribution in [0.2, 0.25) is 0 Å². The molecule has 256 valence electrons. The molecule has 0 amide bonds. The first-order valence-electron chi connectivity index (χ1n) is 18.2. The molecule has 9 atom stereocenters. The van der Waals surface area contributed by atoms with E-state index in [-0.39, 0.29) is 59.2 Å². The van der Waals surface area contributed by atoms with Gasteiger partial charge in [-0.25, -0.2) is 0 Å². The third kappa shape index (κ3) is 5.47. The fraction of sp³-hybridized carbons (Fsp3) is 0.692. The topological polar surface area (TPSA) is 108 Å². The fourth-order valence-corrected chi connectivity index (χ4v) is 14.4. The Bertz CT molecular complexity index is 1460. The van der Waals surface area contributed by atoms with E-state index in [1.807, 2.05) is 21.6 Å². The monoisotopic (exact) mass is 677 g/mol. The molecule has 47 heavy (non-hydrogen) atoms. The van der Waals surface area contributed by atoms with Crippen molar-refractivity contribution in [1.29, 1.82) is 0 Å². The molecule has 2 aliphatic heterocycles. The number of nitrogens with two attached hydrogens (primary N) is 1. The van der Waals surface area contributed by atoms with Crippen LogP contribution >= 0.6 is 21.6 Å². The number of hydrogen-bond donors (Lipinski definition) is 4. The molecule has 2 spiro atoms. The summed E-state index contributed by atoms with van der Waals surface area (Å²) in [5, 5.41) is 24.3. The van der Waals surface area contributed by atoms with Crippen molar-refractivity contribution in [3.05, 3.63) is 58.7 Å². The first-order chi connectivity index (χ1) is 22.7. The lowest BCUT2D eigenvalue weighted by Gasteiger charge is -2.57. The summed E-state index contributed by atoms with van der Waals surface area (Å²) in [6.45, 7) is 8.10. The van der Waals surface area contributed by atoms with Gasteiger partial charge < -0.3 is 21.3 Å². The summed E-state index contributed by atoms with van der Waals surface area (Å²) in [5.41, 5.74) is 11.4. The first-order valence-corrected chi connectivity index (χ1v) is 20.7. The highest BCUT2D eigenvalue weighted by atomic mass is 33.1. The molecular formula is C39H55N3O3S2. The molecule has 2 saturated carbocycles. The van der Waals surface area contributed by atoms with Gasteiger partial charge in [0, 0.05) is 60.9 Å². The van der Waals surface area contributed by atoms with Crippen LogP contribution in [-0.4, -0.2) is 58.8 Å². The molecule has 8 heteroatoms. The third-order valence-electron chi connectivity index (χ3n) is 13.6. The predicted molar refractivity (Wildman–Crippen MR) is 195 cm³/mol. The van der Waals surface area contributed by atoms with Crippen molar-refractivity contribution in [2.75, 3.05) is 31.3 Å². The molecule has 4 aliphatic carbocycles. The van der Waals surface area contributed by atoms with E-state index in [2.05, 4.69) is 62.5 Å². The highest BCUT2D eigenvalue weighted by molar-refractivity contribution is 8.76. The minimum atomic E-state index is -0.250. The Morgan fingerprint density at radius 1 is 1.19 bits per heavy atom. The van der Waals surface area contributed by atoms with Crippen molar-refractivity contribution in [2.24, 2.45) is 57.1 Å². The molecule has 0 saturated heterocycles. The van der Waals surface area contributed by atoms with Crippen molar-refractivity contribution in [3.63, 3.8) is 0 Å². The maximum absolute atomic E-state index is 14.3. The van der Waals surface area contributed by atoms with Gasteiger partial charge >= 0.3 is 0 Å². The zero-order chi connectivity index (χ0) is 33.0. The zero-order valence-corrected chi connectivity index (χ0v) is 30.2. The Hall–Kier alpha value is -1.74. The van der Waals surface area contributed by atoms with Crippen LogP contribution < -0.4 is 11.1 Å². The van der Waals surface area contributed by atoms with Gasteiger partial charge in [0.1, 0.15) is 0 Å². The number of hydrogen-bond acceptors (Lipinski definition) is 8. The van der Waals surface area contributed by atoms with Gasteiger partial charge in [-0.2, -0.15) is 0 Å². The average molecular weight is 678 g/mol. The number of carbonyl (C=O) groups is 1. The van der Waals surface area contributed by atoms with Crippen LogP contribution in [0.3, 0.4) is 0 Å². The quantitative estimate of drug-likeness (QED) is 0.189. The van der Waals surface area contributed by atoms with Gasteiger partial charge in [-0.05, 0) is 97.2 Å². The number of rotatable bonds is 7. The van der Waals surface area contributed by atoms with E-state index in [9.17, 15) is 15.0 Å². The van der Waals surface area contributed by atoms with Crippen molar-refractivity contribution >= 4 is 33.3 Å². The maximum atomic E-state index is 14.3. The second-order valence-corrected chi connectivity index (χ2v) is 18.8. The van der Waals surface area contributed by atoms with Gasteiger partial charge in [0.25, 0.3) is 0 Å². The number of nitrogens with one attached hydrogen (secondary N) is 1. The number of allylic oxidation sites excluding steroid dienone is 3. The van der Waals surface area contributed by atoms with Crippen molar-refractivity contribution in [3.8, 4) is 0 Å². The summed E-state index contributed by atoms with van der Waals surface area (Å²) in [6, 6.07) is 9.19. The fourth-order valence-electron chi connectivity index (χ4n) is 11.5. The lowest BCUT2D eigenvalue weighted by molar-refractivity contribution is -0.125. The predicted octanol–water partition coefficient (Wildman–Crippen LogP) is 6.68. The Balaban J connectivity index is 1.28. The number of aliphatic hydroxyl groups is 2. The van der Waals surface area contributed by atoms with E-state index in [4.69, 9.17) is 10.7 Å². The molecule has 0 unspecified atom stereocenters. The first kappa shape index (κ1) is 33.7. The number of carbonyl (C=O) groups excluding carboxylic acids is 1. The molecular weight excluding hydrogens is 623 g/mol. The molecule has 0 radical (unpaired) electrons. The standard InChI is InChI=1S/C39H55N3O3S2/c1-24(2)16-25-6-4-7-26(17-25)30-11-9-28-10-12-31-33-19-29-18-27(22-44)32(8-5-14-43)38(33,20-35(31)45)37(29,3)13-15-46-47-23-39(28)34(30)21-41-36(40)42-39/h4,6-7,9,11,17,24,27-30,32,34,43-44H,5,8,10,12-16,18-23H2,1-3H3,(H3,40,41,42)/t27-,28+,29-,30+,32-,34+,37+,38+,39+/m1/s1. The largest absolute Gasteiger partial charge is 0.396 e. The second-order valence-electron chi connectivity index (χ2n) is 16.2. The van der Waals surface area contributed by atoms with E-state index in [1.54, 1.807) is 0 Å². The van der Waals surface area contributed by atoms with E-state index >= 15 is 0 Å². The molecule has 1 aromatic rings. The smallest absolute Gasteiger partial charge is 0.189 e. The lowest BCUT2D eigenvalue weighted by atomic mass is 9.47. The molecule has 5 bridgehead atoms. The molecule has 2 fully saturated rings.